The van der Waals surface area contributed by atoms with Crippen molar-refractivity contribution in [1.82, 2.24) is 4.98 Å². The Morgan fingerprint density at radius 1 is 1.25 bits per heavy atom. The molecule has 0 aliphatic carbocycles. The van der Waals surface area contributed by atoms with Crippen LogP contribution >= 0.6 is 0 Å². The van der Waals surface area contributed by atoms with Crippen molar-refractivity contribution < 1.29 is 4.74 Å². The molecule has 0 amide bonds. The summed E-state index contributed by atoms with van der Waals surface area (Å²) in [5.74, 6) is 0. The summed E-state index contributed by atoms with van der Waals surface area (Å²) in [4.78, 5) is 4.91. The van der Waals surface area contributed by atoms with E-state index in [1.165, 1.54) is 10.9 Å². The molecule has 0 fully saturated rings. The molecule has 0 saturated heterocycles. The molecule has 1 heterocycles. The minimum atomic E-state index is 0.0359. The van der Waals surface area contributed by atoms with Crippen molar-refractivity contribution in [2.24, 2.45) is 0 Å². The molecule has 2 aromatic rings. The van der Waals surface area contributed by atoms with E-state index in [-0.39, 0.29) is 5.41 Å². The van der Waals surface area contributed by atoms with Gasteiger partial charge in [-0.2, -0.15) is 0 Å². The van der Waals surface area contributed by atoms with Crippen LogP contribution < -0.4 is 5.32 Å². The Morgan fingerprint density at radius 3 is 2.60 bits per heavy atom. The summed E-state index contributed by atoms with van der Waals surface area (Å²) < 4.78 is 5.21. The average Bonchev–Trinajstić information content (AvgIpc) is 2.42. The highest BCUT2D eigenvalue weighted by Crippen LogP contribution is 2.30. The van der Waals surface area contributed by atoms with Crippen molar-refractivity contribution >= 4 is 16.6 Å². The summed E-state index contributed by atoms with van der Waals surface area (Å²) in [5.41, 5.74) is 4.61. The van der Waals surface area contributed by atoms with Crippen molar-refractivity contribution in [3.63, 3.8) is 0 Å². The van der Waals surface area contributed by atoms with Gasteiger partial charge in [0, 0.05) is 36.3 Å². The molecule has 0 saturated carbocycles. The van der Waals surface area contributed by atoms with Crippen molar-refractivity contribution in [1.29, 1.82) is 0 Å². The highest BCUT2D eigenvalue weighted by molar-refractivity contribution is 5.93. The van der Waals surface area contributed by atoms with Gasteiger partial charge in [0.15, 0.2) is 0 Å². The van der Waals surface area contributed by atoms with E-state index in [0.717, 1.165) is 29.9 Å². The van der Waals surface area contributed by atoms with Crippen LogP contribution in [0.1, 0.15) is 32.0 Å². The number of methoxy groups -OCH3 is 1. The van der Waals surface area contributed by atoms with E-state index in [9.17, 15) is 0 Å². The zero-order chi connectivity index (χ0) is 14.8. The molecule has 108 valence electrons. The Balaban J connectivity index is 2.66. The van der Waals surface area contributed by atoms with Gasteiger partial charge in [-0.3, -0.25) is 4.98 Å². The van der Waals surface area contributed by atoms with Gasteiger partial charge in [-0.05, 0) is 18.1 Å². The van der Waals surface area contributed by atoms with Crippen LogP contribution in [0.15, 0.2) is 24.3 Å². The minimum absolute atomic E-state index is 0.0359. The number of para-hydroxylation sites is 1. The molecule has 20 heavy (non-hydrogen) atoms. The van der Waals surface area contributed by atoms with Crippen LogP contribution in [0.3, 0.4) is 0 Å². The molecule has 0 bridgehead atoms. The topological polar surface area (TPSA) is 34.2 Å². The second-order valence-electron chi connectivity index (χ2n) is 6.11. The van der Waals surface area contributed by atoms with E-state index >= 15 is 0 Å². The zero-order valence-corrected chi connectivity index (χ0v) is 13.1. The van der Waals surface area contributed by atoms with E-state index < -0.39 is 0 Å². The summed E-state index contributed by atoms with van der Waals surface area (Å²) in [6, 6.07) is 8.51. The molecule has 3 nitrogen and oxygen atoms in total. The predicted octanol–water partition coefficient (Wildman–Crippen LogP) is 3.76. The van der Waals surface area contributed by atoms with Crippen LogP contribution in [0.5, 0.6) is 0 Å². The first-order valence-electron chi connectivity index (χ1n) is 7.07. The molecule has 0 atom stereocenters. The summed E-state index contributed by atoms with van der Waals surface area (Å²) in [5, 5.41) is 4.47. The normalized spacial score (nSPS) is 11.8. The Labute approximate surface area is 121 Å². The van der Waals surface area contributed by atoms with Crippen LogP contribution in [0.2, 0.25) is 0 Å². The molecule has 3 heteroatoms. The van der Waals surface area contributed by atoms with Crippen LogP contribution in [0.4, 0.5) is 5.69 Å². The largest absolute Gasteiger partial charge is 0.388 e. The number of aromatic nitrogens is 1. The number of anilines is 1. The van der Waals surface area contributed by atoms with E-state index in [2.05, 4.69) is 50.4 Å². The predicted molar refractivity (Wildman–Crippen MR) is 85.6 cm³/mol. The van der Waals surface area contributed by atoms with Crippen molar-refractivity contribution in [3.8, 4) is 0 Å². The second-order valence-corrected chi connectivity index (χ2v) is 6.11. The van der Waals surface area contributed by atoms with Gasteiger partial charge in [0.1, 0.15) is 0 Å². The Morgan fingerprint density at radius 2 is 2.00 bits per heavy atom. The Kier molecular flexibility index (Phi) is 4.29. The molecular formula is C17H24N2O. The molecule has 1 N–H and O–H groups in total. The first kappa shape index (κ1) is 14.8. The monoisotopic (exact) mass is 272 g/mol. The first-order chi connectivity index (χ1) is 9.47. The molecule has 0 radical (unpaired) electrons. The number of rotatable bonds is 4. The van der Waals surface area contributed by atoms with Crippen molar-refractivity contribution in [3.05, 3.63) is 35.5 Å². The van der Waals surface area contributed by atoms with Gasteiger partial charge in [0.2, 0.25) is 0 Å². The maximum atomic E-state index is 5.21. The van der Waals surface area contributed by atoms with Gasteiger partial charge in [-0.1, -0.05) is 39.0 Å². The Bertz CT molecular complexity index is 600. The quantitative estimate of drug-likeness (QED) is 0.920. The van der Waals surface area contributed by atoms with Gasteiger partial charge in [0.05, 0.1) is 12.1 Å². The fourth-order valence-electron chi connectivity index (χ4n) is 2.31. The molecular weight excluding hydrogens is 248 g/mol. The van der Waals surface area contributed by atoms with Crippen molar-refractivity contribution in [2.45, 2.75) is 32.6 Å². The highest BCUT2D eigenvalue weighted by atomic mass is 16.5. The van der Waals surface area contributed by atoms with E-state index in [0.29, 0.717) is 0 Å². The van der Waals surface area contributed by atoms with Gasteiger partial charge in [-0.25, -0.2) is 0 Å². The summed E-state index contributed by atoms with van der Waals surface area (Å²) in [6.45, 7) is 7.30. The highest BCUT2D eigenvalue weighted by Gasteiger charge is 2.18. The Hall–Kier alpha value is -1.61. The lowest BCUT2D eigenvalue weighted by atomic mass is 9.90. The SMILES string of the molecule is CNc1cc(C(C)(C)C)nc2c(CCOC)cccc12. The number of ether oxygens (including phenoxy) is 1. The lowest BCUT2D eigenvalue weighted by Crippen LogP contribution is -2.14. The van der Waals surface area contributed by atoms with E-state index in [1.54, 1.807) is 7.11 Å². The number of hydrogen-bond acceptors (Lipinski definition) is 3. The lowest BCUT2D eigenvalue weighted by molar-refractivity contribution is 0.202. The number of benzene rings is 1. The standard InChI is InChI=1S/C17H24N2O/c1-17(2,3)15-11-14(18-4)13-8-6-7-12(9-10-20-5)16(13)19-15/h6-8,11H,9-10H2,1-5H3,(H,18,19). The maximum Gasteiger partial charge on any atom is 0.0759 e. The molecule has 0 spiro atoms. The van der Waals surface area contributed by atoms with Gasteiger partial charge < -0.3 is 10.1 Å². The van der Waals surface area contributed by atoms with Crippen molar-refractivity contribution in [2.75, 3.05) is 26.1 Å². The first-order valence-corrected chi connectivity index (χ1v) is 7.07. The average molecular weight is 272 g/mol. The maximum absolute atomic E-state index is 5.21. The molecule has 2 rings (SSSR count). The molecule has 0 aliphatic rings. The summed E-state index contributed by atoms with van der Waals surface area (Å²) in [6.07, 6.45) is 0.886. The van der Waals surface area contributed by atoms with Gasteiger partial charge in [0.25, 0.3) is 0 Å². The van der Waals surface area contributed by atoms with Crippen LogP contribution in [-0.2, 0) is 16.6 Å². The minimum Gasteiger partial charge on any atom is -0.388 e. The third-order valence-corrected chi connectivity index (χ3v) is 3.54. The van der Waals surface area contributed by atoms with E-state index in [1.807, 2.05) is 7.05 Å². The lowest BCUT2D eigenvalue weighted by Gasteiger charge is -2.21. The number of hydrogen-bond donors (Lipinski definition) is 1. The number of pyridine rings is 1. The molecule has 0 unspecified atom stereocenters. The number of fused-ring (bicyclic) bond motifs is 1. The fourth-order valence-corrected chi connectivity index (χ4v) is 2.31. The third-order valence-electron chi connectivity index (χ3n) is 3.54. The summed E-state index contributed by atoms with van der Waals surface area (Å²) in [7, 11) is 3.70. The fraction of sp³-hybridized carbons (Fsp3) is 0.471. The second kappa shape index (κ2) is 5.80. The number of nitrogens with one attached hydrogen (secondary N) is 1. The van der Waals surface area contributed by atoms with Crippen LogP contribution in [-0.4, -0.2) is 25.7 Å². The molecule has 1 aromatic heterocycles. The third kappa shape index (κ3) is 2.93. The van der Waals surface area contributed by atoms with E-state index in [4.69, 9.17) is 9.72 Å². The van der Waals surface area contributed by atoms with Crippen LogP contribution in [0.25, 0.3) is 10.9 Å². The smallest absolute Gasteiger partial charge is 0.0759 e. The van der Waals surface area contributed by atoms with Crippen LogP contribution in [0, 0.1) is 0 Å². The number of nitrogens with zero attached hydrogens (tertiary/aromatic N) is 1. The molecule has 1 aromatic carbocycles. The van der Waals surface area contributed by atoms with Gasteiger partial charge in [-0.15, -0.1) is 0 Å². The van der Waals surface area contributed by atoms with Gasteiger partial charge >= 0.3 is 0 Å². The molecule has 0 aliphatic heterocycles. The summed E-state index contributed by atoms with van der Waals surface area (Å²) >= 11 is 0. The zero-order valence-electron chi connectivity index (χ0n) is 13.1.